The summed E-state index contributed by atoms with van der Waals surface area (Å²) in [5.41, 5.74) is 2.24. The van der Waals surface area contributed by atoms with E-state index in [2.05, 4.69) is 39.1 Å². The first-order valence-corrected chi connectivity index (χ1v) is 6.49. The van der Waals surface area contributed by atoms with Gasteiger partial charge in [-0.1, -0.05) is 46.2 Å². The van der Waals surface area contributed by atoms with Crippen LogP contribution in [0.3, 0.4) is 0 Å². The van der Waals surface area contributed by atoms with Crippen molar-refractivity contribution in [3.8, 4) is 5.75 Å². The highest BCUT2D eigenvalue weighted by molar-refractivity contribution is 5.43. The fourth-order valence-corrected chi connectivity index (χ4v) is 2.12. The number of nitrogens with one attached hydrogen (secondary N) is 1. The lowest BCUT2D eigenvalue weighted by molar-refractivity contribution is 0.443. The molecule has 0 atom stereocenters. The van der Waals surface area contributed by atoms with Gasteiger partial charge in [-0.05, 0) is 30.0 Å². The summed E-state index contributed by atoms with van der Waals surface area (Å²) >= 11 is 0. The number of benzene rings is 1. The quantitative estimate of drug-likeness (QED) is 0.765. The third kappa shape index (κ3) is 4.04. The van der Waals surface area contributed by atoms with Crippen LogP contribution in [0, 0.1) is 0 Å². The van der Waals surface area contributed by atoms with Gasteiger partial charge in [0.05, 0.1) is 0 Å². The van der Waals surface area contributed by atoms with Crippen molar-refractivity contribution in [1.82, 2.24) is 5.32 Å². The zero-order chi connectivity index (χ0) is 12.9. The SMILES string of the molecule is CCCCNCc1cccc(O)c1C(C)(C)C. The molecule has 1 rings (SSSR count). The maximum absolute atomic E-state index is 10.0. The highest BCUT2D eigenvalue weighted by atomic mass is 16.3. The summed E-state index contributed by atoms with van der Waals surface area (Å²) in [4.78, 5) is 0. The van der Waals surface area contributed by atoms with Gasteiger partial charge in [-0.2, -0.15) is 0 Å². The van der Waals surface area contributed by atoms with E-state index in [1.54, 1.807) is 6.07 Å². The number of phenolic OH excluding ortho intramolecular Hbond substituents is 1. The van der Waals surface area contributed by atoms with E-state index in [1.165, 1.54) is 18.4 Å². The third-order valence-electron chi connectivity index (χ3n) is 2.90. The molecule has 0 heterocycles. The van der Waals surface area contributed by atoms with Crippen molar-refractivity contribution < 1.29 is 5.11 Å². The molecule has 0 bridgehead atoms. The van der Waals surface area contributed by atoms with Crippen LogP contribution in [-0.4, -0.2) is 11.7 Å². The predicted molar refractivity (Wildman–Crippen MR) is 73.4 cm³/mol. The van der Waals surface area contributed by atoms with Crippen LogP contribution in [0.1, 0.15) is 51.7 Å². The van der Waals surface area contributed by atoms with Crippen molar-refractivity contribution in [3.63, 3.8) is 0 Å². The Morgan fingerprint density at radius 1 is 1.24 bits per heavy atom. The van der Waals surface area contributed by atoms with E-state index < -0.39 is 0 Å². The number of hydrogen-bond donors (Lipinski definition) is 2. The molecule has 17 heavy (non-hydrogen) atoms. The van der Waals surface area contributed by atoms with Gasteiger partial charge in [0.25, 0.3) is 0 Å². The fraction of sp³-hybridized carbons (Fsp3) is 0.600. The van der Waals surface area contributed by atoms with E-state index >= 15 is 0 Å². The minimum Gasteiger partial charge on any atom is -0.508 e. The van der Waals surface area contributed by atoms with Gasteiger partial charge in [-0.15, -0.1) is 0 Å². The second-order valence-electron chi connectivity index (χ2n) is 5.59. The summed E-state index contributed by atoms with van der Waals surface area (Å²) in [5, 5.41) is 13.4. The monoisotopic (exact) mass is 235 g/mol. The van der Waals surface area contributed by atoms with Gasteiger partial charge >= 0.3 is 0 Å². The van der Waals surface area contributed by atoms with Gasteiger partial charge in [0.15, 0.2) is 0 Å². The van der Waals surface area contributed by atoms with Gasteiger partial charge < -0.3 is 10.4 Å². The molecule has 0 aliphatic carbocycles. The van der Waals surface area contributed by atoms with Crippen LogP contribution < -0.4 is 5.32 Å². The lowest BCUT2D eigenvalue weighted by Gasteiger charge is -2.24. The van der Waals surface area contributed by atoms with Crippen LogP contribution in [0.2, 0.25) is 0 Å². The first-order chi connectivity index (χ1) is 7.96. The number of phenols is 1. The third-order valence-corrected chi connectivity index (χ3v) is 2.90. The highest BCUT2D eigenvalue weighted by Gasteiger charge is 2.21. The van der Waals surface area contributed by atoms with Crippen molar-refractivity contribution >= 4 is 0 Å². The molecule has 0 aromatic heterocycles. The van der Waals surface area contributed by atoms with E-state index in [4.69, 9.17) is 0 Å². The molecule has 96 valence electrons. The smallest absolute Gasteiger partial charge is 0.119 e. The standard InChI is InChI=1S/C15H25NO/c1-5-6-10-16-11-12-8-7-9-13(17)14(12)15(2,3)4/h7-9,16-17H,5-6,10-11H2,1-4H3. The topological polar surface area (TPSA) is 32.3 Å². The zero-order valence-corrected chi connectivity index (χ0v) is 11.5. The summed E-state index contributed by atoms with van der Waals surface area (Å²) in [6.07, 6.45) is 2.41. The summed E-state index contributed by atoms with van der Waals surface area (Å²) in [6.45, 7) is 10.5. The fourth-order valence-electron chi connectivity index (χ4n) is 2.12. The van der Waals surface area contributed by atoms with Crippen LogP contribution in [0.5, 0.6) is 5.75 Å². The van der Waals surface area contributed by atoms with Crippen LogP contribution in [-0.2, 0) is 12.0 Å². The maximum atomic E-state index is 10.0. The van der Waals surface area contributed by atoms with Crippen molar-refractivity contribution in [2.75, 3.05) is 6.54 Å². The van der Waals surface area contributed by atoms with Gasteiger partial charge in [-0.25, -0.2) is 0 Å². The Morgan fingerprint density at radius 3 is 2.53 bits per heavy atom. The Kier molecular flexibility index (Phi) is 5.01. The van der Waals surface area contributed by atoms with Crippen molar-refractivity contribution in [2.45, 2.75) is 52.5 Å². The predicted octanol–water partition coefficient (Wildman–Crippen LogP) is 3.58. The molecule has 0 aliphatic heterocycles. The summed E-state index contributed by atoms with van der Waals surface area (Å²) < 4.78 is 0. The molecule has 1 aromatic rings. The van der Waals surface area contributed by atoms with E-state index in [9.17, 15) is 5.11 Å². The second-order valence-corrected chi connectivity index (χ2v) is 5.59. The molecule has 1 aromatic carbocycles. The number of hydrogen-bond acceptors (Lipinski definition) is 2. The van der Waals surface area contributed by atoms with Crippen molar-refractivity contribution in [3.05, 3.63) is 29.3 Å². The molecule has 0 saturated carbocycles. The number of unbranched alkanes of at least 4 members (excludes halogenated alkanes) is 1. The molecule has 0 radical (unpaired) electrons. The molecule has 2 heteroatoms. The van der Waals surface area contributed by atoms with Crippen LogP contribution in [0.25, 0.3) is 0 Å². The lowest BCUT2D eigenvalue weighted by Crippen LogP contribution is -2.20. The van der Waals surface area contributed by atoms with Crippen LogP contribution >= 0.6 is 0 Å². The minimum absolute atomic E-state index is 0.0207. The van der Waals surface area contributed by atoms with Crippen LogP contribution in [0.4, 0.5) is 0 Å². The molecule has 0 unspecified atom stereocenters. The van der Waals surface area contributed by atoms with Gasteiger partial charge in [0.1, 0.15) is 5.75 Å². The van der Waals surface area contributed by atoms with E-state index in [0.717, 1.165) is 18.7 Å². The van der Waals surface area contributed by atoms with Gasteiger partial charge in [0, 0.05) is 12.1 Å². The van der Waals surface area contributed by atoms with Crippen molar-refractivity contribution in [1.29, 1.82) is 0 Å². The molecule has 2 N–H and O–H groups in total. The zero-order valence-electron chi connectivity index (χ0n) is 11.5. The Hall–Kier alpha value is -1.02. The maximum Gasteiger partial charge on any atom is 0.119 e. The average Bonchev–Trinajstić information content (AvgIpc) is 2.22. The highest BCUT2D eigenvalue weighted by Crippen LogP contribution is 2.33. The minimum atomic E-state index is -0.0207. The molecular weight excluding hydrogens is 210 g/mol. The Morgan fingerprint density at radius 2 is 1.94 bits per heavy atom. The first-order valence-electron chi connectivity index (χ1n) is 6.49. The summed E-state index contributed by atoms with van der Waals surface area (Å²) in [5.74, 6) is 0.410. The molecule has 0 fully saturated rings. The van der Waals surface area contributed by atoms with E-state index in [1.807, 2.05) is 6.07 Å². The summed E-state index contributed by atoms with van der Waals surface area (Å²) in [6, 6.07) is 5.79. The normalized spacial score (nSPS) is 11.8. The summed E-state index contributed by atoms with van der Waals surface area (Å²) in [7, 11) is 0. The van der Waals surface area contributed by atoms with Crippen molar-refractivity contribution in [2.24, 2.45) is 0 Å². The lowest BCUT2D eigenvalue weighted by atomic mass is 9.83. The van der Waals surface area contributed by atoms with E-state index in [0.29, 0.717) is 5.75 Å². The average molecular weight is 235 g/mol. The Labute approximate surface area is 105 Å². The molecule has 0 aliphatic rings. The number of rotatable bonds is 5. The van der Waals surface area contributed by atoms with Gasteiger partial charge in [0.2, 0.25) is 0 Å². The Balaban J connectivity index is 2.81. The molecule has 0 spiro atoms. The molecule has 0 saturated heterocycles. The Bertz CT molecular complexity index is 352. The van der Waals surface area contributed by atoms with Crippen LogP contribution in [0.15, 0.2) is 18.2 Å². The molecule has 2 nitrogen and oxygen atoms in total. The number of aromatic hydroxyl groups is 1. The largest absolute Gasteiger partial charge is 0.508 e. The molecule has 0 amide bonds. The molecular formula is C15H25NO. The first kappa shape index (κ1) is 14.0. The van der Waals surface area contributed by atoms with E-state index in [-0.39, 0.29) is 5.41 Å². The van der Waals surface area contributed by atoms with Gasteiger partial charge in [-0.3, -0.25) is 0 Å². The second kappa shape index (κ2) is 6.06.